The first kappa shape index (κ1) is 15.3. The van der Waals surface area contributed by atoms with Crippen LogP contribution in [-0.2, 0) is 9.53 Å². The van der Waals surface area contributed by atoms with E-state index in [-0.39, 0.29) is 24.0 Å². The largest absolute Gasteiger partial charge is 0.464 e. The van der Waals surface area contributed by atoms with Crippen LogP contribution in [0.3, 0.4) is 0 Å². The molecule has 2 unspecified atom stereocenters. The first-order valence-electron chi connectivity index (χ1n) is 5.71. The lowest BCUT2D eigenvalue weighted by atomic mass is 9.94. The lowest BCUT2D eigenvalue weighted by Crippen LogP contribution is -2.31. The van der Waals surface area contributed by atoms with Crippen LogP contribution < -0.4 is 0 Å². The third-order valence-electron chi connectivity index (χ3n) is 2.69. The zero-order chi connectivity index (χ0) is 14.6. The number of hydrogen-bond donors (Lipinski definition) is 2. The molecule has 2 atom stereocenters. The van der Waals surface area contributed by atoms with Crippen molar-refractivity contribution in [3.05, 3.63) is 34.6 Å². The third kappa shape index (κ3) is 3.15. The number of hydrogen-bond acceptors (Lipinski definition) is 5. The van der Waals surface area contributed by atoms with Crippen LogP contribution in [0.5, 0.6) is 0 Å². The van der Waals surface area contributed by atoms with Crippen LogP contribution in [0.4, 0.5) is 4.39 Å². The van der Waals surface area contributed by atoms with E-state index in [0.717, 1.165) is 6.07 Å². The Labute approximate surface area is 109 Å². The van der Waals surface area contributed by atoms with Crippen molar-refractivity contribution in [2.45, 2.75) is 26.1 Å². The standard InChI is InChI=1S/C13H15FO5/c1-3-19-13(18)12(17)11(16)10-7(2)4-5-9(14)8(10)6-15/h4-6,11-12,16-17H,3H2,1-2H3. The van der Waals surface area contributed by atoms with Gasteiger partial charge in [0.05, 0.1) is 12.2 Å². The monoisotopic (exact) mass is 270 g/mol. The number of aryl methyl sites for hydroxylation is 1. The van der Waals surface area contributed by atoms with E-state index in [0.29, 0.717) is 5.56 Å². The Bertz CT molecular complexity index is 486. The molecule has 0 fully saturated rings. The van der Waals surface area contributed by atoms with E-state index in [2.05, 4.69) is 4.74 Å². The van der Waals surface area contributed by atoms with E-state index in [1.165, 1.54) is 13.0 Å². The fourth-order valence-electron chi connectivity index (χ4n) is 1.75. The Balaban J connectivity index is 3.18. The van der Waals surface area contributed by atoms with Crippen LogP contribution in [0, 0.1) is 12.7 Å². The predicted octanol–water partition coefficient (Wildman–Crippen LogP) is 0.904. The van der Waals surface area contributed by atoms with E-state index in [1.54, 1.807) is 6.92 Å². The van der Waals surface area contributed by atoms with Gasteiger partial charge in [-0.2, -0.15) is 0 Å². The molecular formula is C13H15FO5. The van der Waals surface area contributed by atoms with E-state index < -0.39 is 24.0 Å². The van der Waals surface area contributed by atoms with Gasteiger partial charge >= 0.3 is 5.97 Å². The maximum atomic E-state index is 13.5. The molecule has 0 heterocycles. The highest BCUT2D eigenvalue weighted by Crippen LogP contribution is 2.26. The molecule has 0 aliphatic carbocycles. The first-order valence-corrected chi connectivity index (χ1v) is 5.71. The van der Waals surface area contributed by atoms with E-state index in [4.69, 9.17) is 0 Å². The van der Waals surface area contributed by atoms with E-state index in [1.807, 2.05) is 0 Å². The van der Waals surface area contributed by atoms with Crippen molar-refractivity contribution in [3.63, 3.8) is 0 Å². The SMILES string of the molecule is CCOC(=O)C(O)C(O)c1c(C)ccc(F)c1C=O. The van der Waals surface area contributed by atoms with Crippen LogP contribution in [0.15, 0.2) is 12.1 Å². The minimum absolute atomic E-state index is 0.0330. The van der Waals surface area contributed by atoms with Crippen molar-refractivity contribution in [2.24, 2.45) is 0 Å². The summed E-state index contributed by atoms with van der Waals surface area (Å²) in [5, 5.41) is 19.6. The average molecular weight is 270 g/mol. The highest BCUT2D eigenvalue weighted by atomic mass is 19.1. The molecule has 6 heteroatoms. The van der Waals surface area contributed by atoms with Crippen molar-refractivity contribution in [1.82, 2.24) is 0 Å². The third-order valence-corrected chi connectivity index (χ3v) is 2.69. The second kappa shape index (κ2) is 6.40. The second-order valence-corrected chi connectivity index (χ2v) is 3.95. The Hall–Kier alpha value is -1.79. The van der Waals surface area contributed by atoms with Crippen molar-refractivity contribution in [3.8, 4) is 0 Å². The molecule has 0 saturated carbocycles. The number of aliphatic hydroxyl groups excluding tert-OH is 2. The summed E-state index contributed by atoms with van der Waals surface area (Å²) in [7, 11) is 0. The van der Waals surface area contributed by atoms with Crippen LogP contribution in [-0.4, -0.2) is 35.2 Å². The molecule has 0 aliphatic rings. The van der Waals surface area contributed by atoms with Gasteiger partial charge in [0.2, 0.25) is 0 Å². The lowest BCUT2D eigenvalue weighted by Gasteiger charge is -2.20. The summed E-state index contributed by atoms with van der Waals surface area (Å²) in [5.41, 5.74) is -0.106. The Morgan fingerprint density at radius 3 is 2.63 bits per heavy atom. The molecule has 0 aromatic heterocycles. The second-order valence-electron chi connectivity index (χ2n) is 3.95. The molecule has 1 rings (SSSR count). The summed E-state index contributed by atoms with van der Waals surface area (Å²) in [6.07, 6.45) is -3.37. The number of carbonyl (C=O) groups excluding carboxylic acids is 2. The normalized spacial score (nSPS) is 13.7. The molecule has 2 N–H and O–H groups in total. The summed E-state index contributed by atoms with van der Waals surface area (Å²) in [4.78, 5) is 22.2. The van der Waals surface area contributed by atoms with Gasteiger partial charge in [0.25, 0.3) is 0 Å². The van der Waals surface area contributed by atoms with Gasteiger partial charge in [-0.25, -0.2) is 9.18 Å². The van der Waals surface area contributed by atoms with Gasteiger partial charge in [0.15, 0.2) is 12.4 Å². The summed E-state index contributed by atoms with van der Waals surface area (Å²) in [6, 6.07) is 2.42. The molecule has 0 radical (unpaired) electrons. The number of ether oxygens (including phenoxy) is 1. The van der Waals surface area contributed by atoms with Crippen molar-refractivity contribution in [2.75, 3.05) is 6.61 Å². The summed E-state index contributed by atoms with van der Waals surface area (Å²) in [6.45, 7) is 3.11. The summed E-state index contributed by atoms with van der Waals surface area (Å²) >= 11 is 0. The highest BCUT2D eigenvalue weighted by molar-refractivity contribution is 5.81. The van der Waals surface area contributed by atoms with Gasteiger partial charge in [-0.3, -0.25) is 4.79 Å². The quantitative estimate of drug-likeness (QED) is 0.613. The molecule has 1 aromatic rings. The summed E-state index contributed by atoms with van der Waals surface area (Å²) in [5.74, 6) is -1.86. The minimum Gasteiger partial charge on any atom is -0.464 e. The van der Waals surface area contributed by atoms with Crippen molar-refractivity contribution < 1.29 is 28.9 Å². The van der Waals surface area contributed by atoms with Crippen LogP contribution in [0.25, 0.3) is 0 Å². The van der Waals surface area contributed by atoms with Gasteiger partial charge in [0, 0.05) is 5.56 Å². The molecule has 0 amide bonds. The number of esters is 1. The number of carbonyl (C=O) groups is 2. The van der Waals surface area contributed by atoms with Gasteiger partial charge in [-0.05, 0) is 25.5 Å². The highest BCUT2D eigenvalue weighted by Gasteiger charge is 2.30. The maximum absolute atomic E-state index is 13.5. The number of benzene rings is 1. The molecular weight excluding hydrogens is 255 g/mol. The molecule has 0 saturated heterocycles. The zero-order valence-corrected chi connectivity index (χ0v) is 10.6. The number of rotatable bonds is 5. The average Bonchev–Trinajstić information content (AvgIpc) is 2.39. The van der Waals surface area contributed by atoms with Crippen LogP contribution in [0.2, 0.25) is 0 Å². The van der Waals surface area contributed by atoms with Crippen molar-refractivity contribution >= 4 is 12.3 Å². The fraction of sp³-hybridized carbons (Fsp3) is 0.385. The Kier molecular flexibility index (Phi) is 5.14. The van der Waals surface area contributed by atoms with Crippen LogP contribution >= 0.6 is 0 Å². The van der Waals surface area contributed by atoms with E-state index >= 15 is 0 Å². The van der Waals surface area contributed by atoms with E-state index in [9.17, 15) is 24.2 Å². The minimum atomic E-state index is -1.88. The smallest absolute Gasteiger partial charge is 0.338 e. The van der Waals surface area contributed by atoms with Crippen molar-refractivity contribution in [1.29, 1.82) is 0 Å². The number of aldehydes is 1. The molecule has 0 aliphatic heterocycles. The number of aliphatic hydroxyl groups is 2. The molecule has 5 nitrogen and oxygen atoms in total. The lowest BCUT2D eigenvalue weighted by molar-refractivity contribution is -0.159. The summed E-state index contributed by atoms with van der Waals surface area (Å²) < 4.78 is 18.0. The topological polar surface area (TPSA) is 83.8 Å². The van der Waals surface area contributed by atoms with Gasteiger partial charge in [0.1, 0.15) is 11.9 Å². The fourth-order valence-corrected chi connectivity index (χ4v) is 1.75. The molecule has 1 aromatic carbocycles. The molecule has 0 bridgehead atoms. The van der Waals surface area contributed by atoms with Gasteiger partial charge in [-0.1, -0.05) is 6.07 Å². The maximum Gasteiger partial charge on any atom is 0.338 e. The Morgan fingerprint density at radius 2 is 2.11 bits per heavy atom. The predicted molar refractivity (Wildman–Crippen MR) is 64.1 cm³/mol. The Morgan fingerprint density at radius 1 is 1.47 bits per heavy atom. The molecule has 0 spiro atoms. The molecule has 19 heavy (non-hydrogen) atoms. The zero-order valence-electron chi connectivity index (χ0n) is 10.6. The van der Waals surface area contributed by atoms with Crippen LogP contribution in [0.1, 0.15) is 34.5 Å². The first-order chi connectivity index (χ1) is 8.93. The van der Waals surface area contributed by atoms with Gasteiger partial charge < -0.3 is 14.9 Å². The van der Waals surface area contributed by atoms with Gasteiger partial charge in [-0.15, -0.1) is 0 Å². The molecule has 104 valence electrons. The number of halogens is 1.